The topological polar surface area (TPSA) is 84.5 Å². The molecule has 1 atom stereocenters. The van der Waals surface area contributed by atoms with Gasteiger partial charge in [0.2, 0.25) is 15.9 Å². The molecular formula is C20H26N2O4S. The summed E-state index contributed by atoms with van der Waals surface area (Å²) in [6.45, 7) is 3.65. The maximum Gasteiger partial charge on any atom is 0.242 e. The Morgan fingerprint density at radius 3 is 2.26 bits per heavy atom. The maximum absolute atomic E-state index is 12.4. The van der Waals surface area contributed by atoms with Crippen molar-refractivity contribution in [1.29, 1.82) is 0 Å². The van der Waals surface area contributed by atoms with E-state index in [4.69, 9.17) is 4.74 Å². The number of anilines is 1. The van der Waals surface area contributed by atoms with Crippen LogP contribution in [0.4, 0.5) is 5.69 Å². The molecule has 0 saturated carbocycles. The number of nitrogens with one attached hydrogen (secondary N) is 2. The van der Waals surface area contributed by atoms with Crippen molar-refractivity contribution in [3.8, 4) is 5.75 Å². The SMILES string of the molecule is CCCCc1ccc(NC(=O)[C@H](C)NS(=O)(=O)c2ccc(OC)cc2)cc1. The number of aryl methyl sites for hydroxylation is 1. The zero-order valence-corrected chi connectivity index (χ0v) is 16.7. The fourth-order valence-corrected chi connectivity index (χ4v) is 3.70. The Morgan fingerprint density at radius 1 is 1.07 bits per heavy atom. The molecule has 0 radical (unpaired) electrons. The van der Waals surface area contributed by atoms with E-state index >= 15 is 0 Å². The Hall–Kier alpha value is -2.38. The van der Waals surface area contributed by atoms with E-state index in [0.717, 1.165) is 19.3 Å². The molecule has 0 saturated heterocycles. The van der Waals surface area contributed by atoms with Crippen LogP contribution in [0.15, 0.2) is 53.4 Å². The van der Waals surface area contributed by atoms with Crippen LogP contribution in [0, 0.1) is 0 Å². The summed E-state index contributed by atoms with van der Waals surface area (Å²) in [5.74, 6) is 0.135. The second-order valence-electron chi connectivity index (χ2n) is 6.31. The van der Waals surface area contributed by atoms with Crippen molar-refractivity contribution in [3.05, 3.63) is 54.1 Å². The quantitative estimate of drug-likeness (QED) is 0.688. The number of rotatable bonds is 9. The summed E-state index contributed by atoms with van der Waals surface area (Å²) in [5, 5.41) is 2.73. The predicted octanol–water partition coefficient (Wildman–Crippen LogP) is 3.34. The number of hydrogen-bond acceptors (Lipinski definition) is 4. The Balaban J connectivity index is 1.97. The number of carbonyl (C=O) groups is 1. The molecule has 0 aliphatic carbocycles. The van der Waals surface area contributed by atoms with Crippen molar-refractivity contribution in [1.82, 2.24) is 4.72 Å². The van der Waals surface area contributed by atoms with E-state index in [-0.39, 0.29) is 4.90 Å². The zero-order valence-electron chi connectivity index (χ0n) is 15.9. The van der Waals surface area contributed by atoms with Crippen LogP contribution < -0.4 is 14.8 Å². The van der Waals surface area contributed by atoms with E-state index in [2.05, 4.69) is 17.0 Å². The lowest BCUT2D eigenvalue weighted by molar-refractivity contribution is -0.117. The monoisotopic (exact) mass is 390 g/mol. The summed E-state index contributed by atoms with van der Waals surface area (Å²) in [6, 6.07) is 12.6. The van der Waals surface area contributed by atoms with Crippen LogP contribution >= 0.6 is 0 Å². The van der Waals surface area contributed by atoms with Gasteiger partial charge in [0.25, 0.3) is 0 Å². The van der Waals surface area contributed by atoms with Crippen molar-refractivity contribution in [3.63, 3.8) is 0 Å². The van der Waals surface area contributed by atoms with Crippen LogP contribution in [0.1, 0.15) is 32.3 Å². The molecule has 0 aromatic heterocycles. The summed E-state index contributed by atoms with van der Waals surface area (Å²) >= 11 is 0. The van der Waals surface area contributed by atoms with E-state index in [0.29, 0.717) is 11.4 Å². The van der Waals surface area contributed by atoms with Gasteiger partial charge in [-0.05, 0) is 61.7 Å². The Morgan fingerprint density at radius 2 is 1.70 bits per heavy atom. The molecule has 2 N–H and O–H groups in total. The van der Waals surface area contributed by atoms with Crippen LogP contribution in [0.3, 0.4) is 0 Å². The number of amides is 1. The van der Waals surface area contributed by atoms with Crippen molar-refractivity contribution >= 4 is 21.6 Å². The molecule has 0 bridgehead atoms. The largest absolute Gasteiger partial charge is 0.497 e. The highest BCUT2D eigenvalue weighted by atomic mass is 32.2. The number of methoxy groups -OCH3 is 1. The number of unbranched alkanes of at least 4 members (excludes halogenated alkanes) is 1. The van der Waals surface area contributed by atoms with Gasteiger partial charge in [-0.15, -0.1) is 0 Å². The van der Waals surface area contributed by atoms with Gasteiger partial charge in [0.1, 0.15) is 5.75 Å². The third-order valence-corrected chi connectivity index (χ3v) is 5.69. The van der Waals surface area contributed by atoms with Gasteiger partial charge in [-0.25, -0.2) is 8.42 Å². The zero-order chi connectivity index (χ0) is 19.9. The van der Waals surface area contributed by atoms with Crippen molar-refractivity contribution in [2.75, 3.05) is 12.4 Å². The minimum absolute atomic E-state index is 0.0724. The average molecular weight is 391 g/mol. The highest BCUT2D eigenvalue weighted by molar-refractivity contribution is 7.89. The van der Waals surface area contributed by atoms with Gasteiger partial charge in [-0.1, -0.05) is 25.5 Å². The van der Waals surface area contributed by atoms with E-state index in [1.807, 2.05) is 24.3 Å². The molecule has 2 aromatic rings. The normalized spacial score (nSPS) is 12.4. The Labute approximate surface area is 161 Å². The van der Waals surface area contributed by atoms with Crippen LogP contribution in [0.5, 0.6) is 5.75 Å². The van der Waals surface area contributed by atoms with Crippen molar-refractivity contribution in [2.45, 2.75) is 44.0 Å². The predicted molar refractivity (Wildman–Crippen MR) is 106 cm³/mol. The minimum atomic E-state index is -3.81. The highest BCUT2D eigenvalue weighted by Crippen LogP contribution is 2.16. The van der Waals surface area contributed by atoms with Gasteiger partial charge in [0.05, 0.1) is 18.0 Å². The van der Waals surface area contributed by atoms with Gasteiger partial charge in [-0.2, -0.15) is 4.72 Å². The average Bonchev–Trinajstić information content (AvgIpc) is 2.67. The highest BCUT2D eigenvalue weighted by Gasteiger charge is 2.22. The second-order valence-corrected chi connectivity index (χ2v) is 8.02. The lowest BCUT2D eigenvalue weighted by atomic mass is 10.1. The van der Waals surface area contributed by atoms with Gasteiger partial charge >= 0.3 is 0 Å². The van der Waals surface area contributed by atoms with Crippen molar-refractivity contribution in [2.24, 2.45) is 0 Å². The maximum atomic E-state index is 12.4. The van der Waals surface area contributed by atoms with Gasteiger partial charge in [-0.3, -0.25) is 4.79 Å². The minimum Gasteiger partial charge on any atom is -0.497 e. The van der Waals surface area contributed by atoms with Crippen LogP contribution in [-0.2, 0) is 21.2 Å². The molecule has 0 aliphatic heterocycles. The van der Waals surface area contributed by atoms with Crippen LogP contribution in [0.2, 0.25) is 0 Å². The molecule has 0 aliphatic rings. The van der Waals surface area contributed by atoms with Gasteiger partial charge < -0.3 is 10.1 Å². The first kappa shape index (κ1) is 20.9. The van der Waals surface area contributed by atoms with E-state index < -0.39 is 22.0 Å². The molecule has 6 nitrogen and oxygen atoms in total. The molecule has 27 heavy (non-hydrogen) atoms. The smallest absolute Gasteiger partial charge is 0.242 e. The molecule has 1 amide bonds. The molecule has 0 fully saturated rings. The van der Waals surface area contributed by atoms with E-state index in [9.17, 15) is 13.2 Å². The molecule has 146 valence electrons. The molecule has 0 spiro atoms. The summed E-state index contributed by atoms with van der Waals surface area (Å²) in [7, 11) is -2.30. The third kappa shape index (κ3) is 6.08. The second kappa shape index (κ2) is 9.53. The van der Waals surface area contributed by atoms with Gasteiger partial charge in [0.15, 0.2) is 0 Å². The summed E-state index contributed by atoms with van der Waals surface area (Å²) in [4.78, 5) is 12.4. The lowest BCUT2D eigenvalue weighted by Crippen LogP contribution is -2.41. The first-order valence-electron chi connectivity index (χ1n) is 8.92. The number of ether oxygens (including phenoxy) is 1. The number of carbonyl (C=O) groups excluding carboxylic acids is 1. The molecule has 2 rings (SSSR count). The lowest BCUT2D eigenvalue weighted by Gasteiger charge is -2.15. The third-order valence-electron chi connectivity index (χ3n) is 4.14. The molecule has 0 heterocycles. The number of benzene rings is 2. The van der Waals surface area contributed by atoms with Crippen LogP contribution in [0.25, 0.3) is 0 Å². The van der Waals surface area contributed by atoms with Crippen LogP contribution in [-0.4, -0.2) is 27.5 Å². The van der Waals surface area contributed by atoms with E-state index in [1.54, 1.807) is 12.1 Å². The Kier molecular flexibility index (Phi) is 7.38. The summed E-state index contributed by atoms with van der Waals surface area (Å²) < 4.78 is 32.2. The first-order chi connectivity index (χ1) is 12.9. The molecule has 7 heteroatoms. The Bertz CT molecular complexity index is 847. The van der Waals surface area contributed by atoms with E-state index in [1.165, 1.54) is 31.7 Å². The number of hydrogen-bond donors (Lipinski definition) is 2. The summed E-state index contributed by atoms with van der Waals surface area (Å²) in [5.41, 5.74) is 1.85. The summed E-state index contributed by atoms with van der Waals surface area (Å²) in [6.07, 6.45) is 3.25. The molecule has 0 unspecified atom stereocenters. The number of sulfonamides is 1. The molecule has 2 aromatic carbocycles. The standard InChI is InChI=1S/C20H26N2O4S/c1-4-5-6-16-7-9-17(10-8-16)21-20(23)15(2)22-27(24,25)19-13-11-18(26-3)12-14-19/h7-15,22H,4-6H2,1-3H3,(H,21,23)/t15-/m0/s1. The fourth-order valence-electron chi connectivity index (χ4n) is 2.50. The van der Waals surface area contributed by atoms with Crippen molar-refractivity contribution < 1.29 is 17.9 Å². The first-order valence-corrected chi connectivity index (χ1v) is 10.4. The fraction of sp³-hybridized carbons (Fsp3) is 0.350. The van der Waals surface area contributed by atoms with Gasteiger partial charge in [0, 0.05) is 5.69 Å². The molecular weight excluding hydrogens is 364 g/mol.